The zero-order valence-electron chi connectivity index (χ0n) is 18.1. The van der Waals surface area contributed by atoms with Crippen LogP contribution in [0.3, 0.4) is 0 Å². The van der Waals surface area contributed by atoms with Crippen molar-refractivity contribution >= 4 is 11.9 Å². The largest absolute Gasteiger partial charge is 0.493 e. The number of nitrogens with one attached hydrogen (secondary N) is 1. The second-order valence-electron chi connectivity index (χ2n) is 7.54. The Morgan fingerprint density at radius 1 is 1.07 bits per heavy atom. The smallest absolute Gasteiger partial charge is 0.306 e. The van der Waals surface area contributed by atoms with Crippen LogP contribution >= 0.6 is 0 Å². The van der Waals surface area contributed by atoms with E-state index < -0.39 is 12.1 Å². The Morgan fingerprint density at radius 3 is 2.24 bits per heavy atom. The number of aryl methyl sites for hydroxylation is 1. The maximum atomic E-state index is 12.4. The number of esters is 1. The Morgan fingerprint density at radius 2 is 1.69 bits per heavy atom. The van der Waals surface area contributed by atoms with Crippen molar-refractivity contribution < 1.29 is 28.5 Å². The van der Waals surface area contributed by atoms with Gasteiger partial charge in [0.2, 0.25) is 5.75 Å². The molecule has 2 rings (SSSR count). The Labute approximate surface area is 173 Å². The zero-order chi connectivity index (χ0) is 21.4. The normalized spacial score (nSPS) is 19.8. The molecule has 0 heterocycles. The second kappa shape index (κ2) is 10.9. The first-order valence-electron chi connectivity index (χ1n) is 10.2. The Balaban J connectivity index is 1.88. The molecule has 0 unspecified atom stereocenters. The van der Waals surface area contributed by atoms with Crippen LogP contribution in [0.25, 0.3) is 0 Å². The lowest BCUT2D eigenvalue weighted by atomic mass is 9.86. The van der Waals surface area contributed by atoms with Gasteiger partial charge < -0.3 is 24.3 Å². The van der Waals surface area contributed by atoms with Crippen LogP contribution in [0.2, 0.25) is 0 Å². The molecule has 7 heteroatoms. The zero-order valence-corrected chi connectivity index (χ0v) is 18.1. The van der Waals surface area contributed by atoms with Crippen molar-refractivity contribution in [2.45, 2.75) is 64.5 Å². The van der Waals surface area contributed by atoms with E-state index >= 15 is 0 Å². The summed E-state index contributed by atoms with van der Waals surface area (Å²) in [5, 5.41) is 3.03. The molecule has 1 aliphatic carbocycles. The maximum absolute atomic E-state index is 12.4. The standard InChI is InChI=1S/C22H33NO6/c1-14-8-6-7-9-17(14)23-22(25)15(2)29-20(24)11-10-16-12-18(26-3)21(28-5)19(13-16)27-4/h12-15,17H,6-11H2,1-5H3,(H,23,25)/t14-,15-,17-/m1/s1. The Bertz CT molecular complexity index is 680. The SMILES string of the molecule is COc1cc(CCC(=O)O[C@H](C)C(=O)N[C@@H]2CCCC[C@H]2C)cc(OC)c1OC. The highest BCUT2D eigenvalue weighted by Gasteiger charge is 2.26. The molecule has 29 heavy (non-hydrogen) atoms. The summed E-state index contributed by atoms with van der Waals surface area (Å²) < 4.78 is 21.3. The first-order chi connectivity index (χ1) is 13.9. The van der Waals surface area contributed by atoms with Crippen LogP contribution in [0, 0.1) is 5.92 Å². The summed E-state index contributed by atoms with van der Waals surface area (Å²) in [6.07, 6.45) is 4.20. The fraction of sp³-hybridized carbons (Fsp3) is 0.636. The number of methoxy groups -OCH3 is 3. The quantitative estimate of drug-likeness (QED) is 0.633. The molecule has 1 amide bonds. The average Bonchev–Trinajstić information content (AvgIpc) is 2.72. The molecule has 0 saturated heterocycles. The minimum atomic E-state index is -0.809. The summed E-state index contributed by atoms with van der Waals surface area (Å²) in [5.41, 5.74) is 0.851. The van der Waals surface area contributed by atoms with Gasteiger partial charge in [0.15, 0.2) is 17.6 Å². The third kappa shape index (κ3) is 6.27. The molecule has 0 bridgehead atoms. The van der Waals surface area contributed by atoms with Crippen LogP contribution in [0.1, 0.15) is 51.5 Å². The molecule has 1 aromatic carbocycles. The van der Waals surface area contributed by atoms with E-state index in [1.165, 1.54) is 13.5 Å². The number of rotatable bonds is 9. The molecule has 1 saturated carbocycles. The molecule has 0 aliphatic heterocycles. The second-order valence-corrected chi connectivity index (χ2v) is 7.54. The van der Waals surface area contributed by atoms with Gasteiger partial charge in [0.25, 0.3) is 5.91 Å². The van der Waals surface area contributed by atoms with Gasteiger partial charge in [-0.1, -0.05) is 19.8 Å². The summed E-state index contributed by atoms with van der Waals surface area (Å²) in [7, 11) is 4.63. The van der Waals surface area contributed by atoms with E-state index in [9.17, 15) is 9.59 Å². The molecule has 1 aromatic rings. The number of amides is 1. The molecule has 3 atom stereocenters. The van der Waals surface area contributed by atoms with Crippen molar-refractivity contribution in [3.63, 3.8) is 0 Å². The summed E-state index contributed by atoms with van der Waals surface area (Å²) >= 11 is 0. The minimum Gasteiger partial charge on any atom is -0.493 e. The highest BCUT2D eigenvalue weighted by Crippen LogP contribution is 2.38. The molecular weight excluding hydrogens is 374 g/mol. The Kier molecular flexibility index (Phi) is 8.61. The van der Waals surface area contributed by atoms with Gasteiger partial charge in [-0.2, -0.15) is 0 Å². The minimum absolute atomic E-state index is 0.149. The first kappa shape index (κ1) is 22.8. The summed E-state index contributed by atoms with van der Waals surface area (Å²) in [6.45, 7) is 3.76. The van der Waals surface area contributed by atoms with Gasteiger partial charge in [0.05, 0.1) is 21.3 Å². The lowest BCUT2D eigenvalue weighted by Crippen LogP contribution is -2.46. The van der Waals surface area contributed by atoms with E-state index in [0.717, 1.165) is 24.8 Å². The number of carbonyl (C=O) groups is 2. The van der Waals surface area contributed by atoms with Crippen LogP contribution in [-0.4, -0.2) is 45.4 Å². The molecule has 162 valence electrons. The van der Waals surface area contributed by atoms with Crippen LogP contribution in [0.5, 0.6) is 17.2 Å². The van der Waals surface area contributed by atoms with Crippen molar-refractivity contribution in [2.75, 3.05) is 21.3 Å². The van der Waals surface area contributed by atoms with Crippen molar-refractivity contribution in [3.8, 4) is 17.2 Å². The van der Waals surface area contributed by atoms with E-state index in [2.05, 4.69) is 12.2 Å². The van der Waals surface area contributed by atoms with Gasteiger partial charge in [0, 0.05) is 12.5 Å². The number of benzene rings is 1. The van der Waals surface area contributed by atoms with E-state index in [1.54, 1.807) is 33.3 Å². The predicted octanol–water partition coefficient (Wildman–Crippen LogP) is 3.27. The summed E-state index contributed by atoms with van der Waals surface area (Å²) in [6, 6.07) is 3.77. The van der Waals surface area contributed by atoms with E-state index in [1.807, 2.05) is 0 Å². The van der Waals surface area contributed by atoms with E-state index in [0.29, 0.717) is 29.6 Å². The van der Waals surface area contributed by atoms with Gasteiger partial charge in [-0.25, -0.2) is 0 Å². The predicted molar refractivity (Wildman–Crippen MR) is 110 cm³/mol. The van der Waals surface area contributed by atoms with Gasteiger partial charge in [-0.3, -0.25) is 9.59 Å². The average molecular weight is 408 g/mol. The van der Waals surface area contributed by atoms with Gasteiger partial charge in [-0.15, -0.1) is 0 Å². The van der Waals surface area contributed by atoms with Crippen molar-refractivity contribution in [1.29, 1.82) is 0 Å². The fourth-order valence-corrected chi connectivity index (χ4v) is 3.67. The molecule has 0 spiro atoms. The van der Waals surface area contributed by atoms with Crippen LogP contribution in [-0.2, 0) is 20.7 Å². The molecule has 7 nitrogen and oxygen atoms in total. The number of hydrogen-bond acceptors (Lipinski definition) is 6. The molecule has 1 aliphatic rings. The topological polar surface area (TPSA) is 83.1 Å². The lowest BCUT2D eigenvalue weighted by Gasteiger charge is -2.30. The van der Waals surface area contributed by atoms with Gasteiger partial charge in [0.1, 0.15) is 0 Å². The van der Waals surface area contributed by atoms with Crippen LogP contribution < -0.4 is 19.5 Å². The van der Waals surface area contributed by atoms with E-state index in [-0.39, 0.29) is 18.4 Å². The summed E-state index contributed by atoms with van der Waals surface area (Å²) in [5.74, 6) is 1.37. The molecule has 0 aromatic heterocycles. The highest BCUT2D eigenvalue weighted by atomic mass is 16.5. The fourth-order valence-electron chi connectivity index (χ4n) is 3.67. The van der Waals surface area contributed by atoms with Gasteiger partial charge in [-0.05, 0) is 49.8 Å². The number of hydrogen-bond donors (Lipinski definition) is 1. The maximum Gasteiger partial charge on any atom is 0.306 e. The molecular formula is C22H33NO6. The van der Waals surface area contributed by atoms with Gasteiger partial charge >= 0.3 is 5.97 Å². The summed E-state index contributed by atoms with van der Waals surface area (Å²) in [4.78, 5) is 24.6. The third-order valence-electron chi connectivity index (χ3n) is 5.46. The van der Waals surface area contributed by atoms with Crippen LogP contribution in [0.4, 0.5) is 0 Å². The van der Waals surface area contributed by atoms with E-state index in [4.69, 9.17) is 18.9 Å². The lowest BCUT2D eigenvalue weighted by molar-refractivity contribution is -0.155. The third-order valence-corrected chi connectivity index (χ3v) is 5.46. The monoisotopic (exact) mass is 407 g/mol. The highest BCUT2D eigenvalue weighted by molar-refractivity contribution is 5.83. The van der Waals surface area contributed by atoms with Crippen molar-refractivity contribution in [1.82, 2.24) is 5.32 Å². The molecule has 1 fully saturated rings. The van der Waals surface area contributed by atoms with Crippen molar-refractivity contribution in [3.05, 3.63) is 17.7 Å². The number of carbonyl (C=O) groups excluding carboxylic acids is 2. The number of ether oxygens (including phenoxy) is 4. The van der Waals surface area contributed by atoms with Crippen molar-refractivity contribution in [2.24, 2.45) is 5.92 Å². The molecule has 1 N–H and O–H groups in total. The first-order valence-corrected chi connectivity index (χ1v) is 10.2. The van der Waals surface area contributed by atoms with Crippen LogP contribution in [0.15, 0.2) is 12.1 Å². The Hall–Kier alpha value is -2.44. The molecule has 0 radical (unpaired) electrons.